The lowest BCUT2D eigenvalue weighted by molar-refractivity contribution is -0.0128. The summed E-state index contributed by atoms with van der Waals surface area (Å²) in [6.07, 6.45) is 0.556. The number of hydrogen-bond acceptors (Lipinski definition) is 4. The van der Waals surface area contributed by atoms with Crippen molar-refractivity contribution < 1.29 is 19.3 Å². The van der Waals surface area contributed by atoms with E-state index < -0.39 is 0 Å². The first-order chi connectivity index (χ1) is 10.3. The van der Waals surface area contributed by atoms with Crippen molar-refractivity contribution in [2.24, 2.45) is 0 Å². The van der Waals surface area contributed by atoms with Crippen LogP contribution in [0.4, 0.5) is 0 Å². The highest BCUT2D eigenvalue weighted by Crippen LogP contribution is 2.12. The molecule has 0 fully saturated rings. The molecule has 1 aromatic carbocycles. The van der Waals surface area contributed by atoms with Crippen LogP contribution in [0.25, 0.3) is 0 Å². The van der Waals surface area contributed by atoms with Crippen LogP contribution in [0.15, 0.2) is 24.3 Å². The van der Waals surface area contributed by atoms with E-state index >= 15 is 0 Å². The van der Waals surface area contributed by atoms with Crippen LogP contribution >= 0.6 is 0 Å². The maximum Gasteiger partial charge on any atom is 0.120 e. The van der Waals surface area contributed by atoms with E-state index in [0.717, 1.165) is 11.3 Å². The molecule has 0 spiro atoms. The van der Waals surface area contributed by atoms with Crippen molar-refractivity contribution in [1.82, 2.24) is 0 Å². The molecule has 0 heterocycles. The van der Waals surface area contributed by atoms with Gasteiger partial charge in [0.15, 0.2) is 0 Å². The molecule has 1 aromatic rings. The summed E-state index contributed by atoms with van der Waals surface area (Å²) in [5, 5.41) is 8.69. The average molecular weight is 292 g/mol. The van der Waals surface area contributed by atoms with Gasteiger partial charge < -0.3 is 19.3 Å². The molecule has 4 nitrogen and oxygen atoms in total. The van der Waals surface area contributed by atoms with Crippen LogP contribution in [0.2, 0.25) is 0 Å². The molecule has 21 heavy (non-hydrogen) atoms. The lowest BCUT2D eigenvalue weighted by Crippen LogP contribution is -2.19. The topological polar surface area (TPSA) is 47.9 Å². The average Bonchev–Trinajstić information content (AvgIpc) is 2.50. The second-order valence-corrected chi connectivity index (χ2v) is 4.49. The lowest BCUT2D eigenvalue weighted by Gasteiger charge is -2.13. The van der Waals surface area contributed by atoms with Crippen LogP contribution in [0.5, 0.6) is 5.75 Å². The zero-order valence-electron chi connectivity index (χ0n) is 12.8. The monoisotopic (exact) mass is 292 g/mol. The molecule has 0 saturated heterocycles. The Bertz CT molecular complexity index is 448. The Morgan fingerprint density at radius 3 is 2.90 bits per heavy atom. The van der Waals surface area contributed by atoms with Crippen LogP contribution in [-0.4, -0.2) is 44.2 Å². The zero-order chi connectivity index (χ0) is 15.3. The van der Waals surface area contributed by atoms with Gasteiger partial charge in [-0.05, 0) is 32.0 Å². The molecule has 0 aromatic heterocycles. The third-order valence-electron chi connectivity index (χ3n) is 2.61. The molecule has 1 unspecified atom stereocenters. The molecule has 0 amide bonds. The predicted molar refractivity (Wildman–Crippen MR) is 82.4 cm³/mol. The van der Waals surface area contributed by atoms with Gasteiger partial charge >= 0.3 is 0 Å². The molecule has 0 radical (unpaired) electrons. The molecule has 1 rings (SSSR count). The van der Waals surface area contributed by atoms with Crippen molar-refractivity contribution in [2.45, 2.75) is 26.4 Å². The number of hydrogen-bond donors (Lipinski definition) is 1. The summed E-state index contributed by atoms with van der Waals surface area (Å²) in [7, 11) is 0. The Morgan fingerprint density at radius 2 is 2.14 bits per heavy atom. The maximum atomic E-state index is 8.69. The third kappa shape index (κ3) is 8.36. The second kappa shape index (κ2) is 11.2. The summed E-state index contributed by atoms with van der Waals surface area (Å²) in [5.41, 5.74) is 0.881. The number of aliphatic hydroxyl groups excluding tert-OH is 1. The lowest BCUT2D eigenvalue weighted by atomic mass is 10.2. The fourth-order valence-corrected chi connectivity index (χ4v) is 1.62. The van der Waals surface area contributed by atoms with E-state index in [1.807, 2.05) is 38.1 Å². The summed E-state index contributed by atoms with van der Waals surface area (Å²) < 4.78 is 16.5. The molecule has 1 atom stereocenters. The summed E-state index contributed by atoms with van der Waals surface area (Å²) in [5.74, 6) is 6.64. The minimum absolute atomic E-state index is 0.0734. The number of ether oxygens (including phenoxy) is 3. The van der Waals surface area contributed by atoms with Crippen LogP contribution < -0.4 is 4.74 Å². The fraction of sp³-hybridized carbons (Fsp3) is 0.529. The standard InChI is InChI=1S/C17H24O4/c1-3-19-14-15(2)20-11-12-21-17-9-6-8-16(13-17)7-4-5-10-18/h6,8-9,13,15,18H,3,5,10-12,14H2,1-2H3. The molecule has 0 aliphatic heterocycles. The zero-order valence-corrected chi connectivity index (χ0v) is 12.8. The Labute approximate surface area is 127 Å². The quantitative estimate of drug-likeness (QED) is 0.560. The largest absolute Gasteiger partial charge is 0.491 e. The van der Waals surface area contributed by atoms with E-state index in [1.165, 1.54) is 0 Å². The second-order valence-electron chi connectivity index (χ2n) is 4.49. The van der Waals surface area contributed by atoms with Gasteiger partial charge in [-0.2, -0.15) is 0 Å². The van der Waals surface area contributed by atoms with E-state index in [-0.39, 0.29) is 12.7 Å². The summed E-state index contributed by atoms with van der Waals surface area (Å²) in [6, 6.07) is 7.59. The minimum Gasteiger partial charge on any atom is -0.491 e. The van der Waals surface area contributed by atoms with Crippen molar-refractivity contribution in [3.05, 3.63) is 29.8 Å². The van der Waals surface area contributed by atoms with Gasteiger partial charge in [0.1, 0.15) is 12.4 Å². The van der Waals surface area contributed by atoms with Gasteiger partial charge in [-0.15, -0.1) is 0 Å². The molecule has 1 N–H and O–H groups in total. The van der Waals surface area contributed by atoms with Crippen molar-refractivity contribution >= 4 is 0 Å². The van der Waals surface area contributed by atoms with E-state index in [2.05, 4.69) is 11.8 Å². The Balaban J connectivity index is 2.29. The molecule has 4 heteroatoms. The highest BCUT2D eigenvalue weighted by atomic mass is 16.5. The van der Waals surface area contributed by atoms with Crippen molar-refractivity contribution in [3.8, 4) is 17.6 Å². The molecule has 0 aliphatic rings. The minimum atomic E-state index is 0.0734. The summed E-state index contributed by atoms with van der Waals surface area (Å²) >= 11 is 0. The van der Waals surface area contributed by atoms with Gasteiger partial charge in [0.25, 0.3) is 0 Å². The third-order valence-corrected chi connectivity index (χ3v) is 2.61. The van der Waals surface area contributed by atoms with E-state index in [4.69, 9.17) is 19.3 Å². The first kappa shape index (κ1) is 17.5. The van der Waals surface area contributed by atoms with Gasteiger partial charge in [-0.1, -0.05) is 17.9 Å². The van der Waals surface area contributed by atoms with Gasteiger partial charge in [-0.25, -0.2) is 0 Å². The van der Waals surface area contributed by atoms with Crippen molar-refractivity contribution in [2.75, 3.05) is 33.0 Å². The van der Waals surface area contributed by atoms with Crippen LogP contribution in [0.3, 0.4) is 0 Å². The number of benzene rings is 1. The highest BCUT2D eigenvalue weighted by molar-refractivity contribution is 5.39. The summed E-state index contributed by atoms with van der Waals surface area (Å²) in [6.45, 7) is 6.35. The smallest absolute Gasteiger partial charge is 0.120 e. The van der Waals surface area contributed by atoms with Gasteiger partial charge in [0.05, 0.1) is 25.9 Å². The predicted octanol–water partition coefficient (Wildman–Crippen LogP) is 2.24. The van der Waals surface area contributed by atoms with Gasteiger partial charge in [0, 0.05) is 18.6 Å². The van der Waals surface area contributed by atoms with Gasteiger partial charge in [0.2, 0.25) is 0 Å². The molecular formula is C17H24O4. The first-order valence-corrected chi connectivity index (χ1v) is 7.28. The summed E-state index contributed by atoms with van der Waals surface area (Å²) in [4.78, 5) is 0. The SMILES string of the molecule is CCOCC(C)OCCOc1cccc(C#CCCO)c1. The number of rotatable bonds is 9. The van der Waals surface area contributed by atoms with Crippen LogP contribution in [0.1, 0.15) is 25.8 Å². The van der Waals surface area contributed by atoms with Crippen LogP contribution in [-0.2, 0) is 9.47 Å². The molecule has 116 valence electrons. The Hall–Kier alpha value is -1.54. The fourth-order valence-electron chi connectivity index (χ4n) is 1.62. The Morgan fingerprint density at radius 1 is 1.29 bits per heavy atom. The highest BCUT2D eigenvalue weighted by Gasteiger charge is 2.02. The normalized spacial score (nSPS) is 11.6. The first-order valence-electron chi connectivity index (χ1n) is 7.28. The van der Waals surface area contributed by atoms with Gasteiger partial charge in [-0.3, -0.25) is 0 Å². The van der Waals surface area contributed by atoms with Crippen molar-refractivity contribution in [1.29, 1.82) is 0 Å². The molecule has 0 bridgehead atoms. The van der Waals surface area contributed by atoms with Crippen molar-refractivity contribution in [3.63, 3.8) is 0 Å². The van der Waals surface area contributed by atoms with E-state index in [9.17, 15) is 0 Å². The van der Waals surface area contributed by atoms with E-state index in [1.54, 1.807) is 0 Å². The maximum absolute atomic E-state index is 8.69. The Kier molecular flexibility index (Phi) is 9.30. The van der Waals surface area contributed by atoms with E-state index in [0.29, 0.717) is 32.8 Å². The number of aliphatic hydroxyl groups is 1. The molecule has 0 aliphatic carbocycles. The van der Waals surface area contributed by atoms with Crippen LogP contribution in [0, 0.1) is 11.8 Å². The molecule has 0 saturated carbocycles. The molecular weight excluding hydrogens is 268 g/mol.